The van der Waals surface area contributed by atoms with Crippen molar-refractivity contribution in [1.29, 1.82) is 0 Å². The first-order chi connectivity index (χ1) is 17.7. The highest BCUT2D eigenvalue weighted by molar-refractivity contribution is 7.89. The molecule has 200 valence electrons. The Labute approximate surface area is 224 Å². The molecule has 1 aliphatic heterocycles. The quantitative estimate of drug-likeness (QED) is 0.418. The second-order valence-electron chi connectivity index (χ2n) is 9.66. The second-order valence-corrected chi connectivity index (χ2v) is 12.7. The smallest absolute Gasteiger partial charge is 0.251 e. The standard InChI is InChI=1S/C27H37N5O3S2/c1-5-6-14-30(4)37(34,35)23-11-9-22(10-12-23)26(33)28-13-15-31-16-18-32(19-17-31)27-29-24-20(2)7-8-21(3)25(24)36-27/h7-12H,5-6,13-19H2,1-4H3,(H,28,33). The van der Waals surface area contributed by atoms with E-state index in [-0.39, 0.29) is 10.8 Å². The Morgan fingerprint density at radius 2 is 1.73 bits per heavy atom. The Morgan fingerprint density at radius 1 is 1.05 bits per heavy atom. The van der Waals surface area contributed by atoms with Gasteiger partial charge in [-0.25, -0.2) is 17.7 Å². The molecule has 1 aliphatic rings. The van der Waals surface area contributed by atoms with Gasteiger partial charge in [0.05, 0.1) is 15.1 Å². The zero-order chi connectivity index (χ0) is 26.6. The summed E-state index contributed by atoms with van der Waals surface area (Å²) < 4.78 is 28.0. The Balaban J connectivity index is 1.24. The molecule has 0 bridgehead atoms. The molecule has 1 amide bonds. The van der Waals surface area contributed by atoms with Gasteiger partial charge in [0.25, 0.3) is 5.91 Å². The third-order valence-electron chi connectivity index (χ3n) is 6.94. The molecule has 2 aromatic carbocycles. The van der Waals surface area contributed by atoms with Crippen LogP contribution in [-0.4, -0.2) is 81.4 Å². The van der Waals surface area contributed by atoms with Crippen molar-refractivity contribution < 1.29 is 13.2 Å². The highest BCUT2D eigenvalue weighted by Crippen LogP contribution is 2.33. The minimum absolute atomic E-state index is 0.192. The van der Waals surface area contributed by atoms with Crippen LogP contribution in [0.5, 0.6) is 0 Å². The maximum absolute atomic E-state index is 12.7. The zero-order valence-corrected chi connectivity index (χ0v) is 23.8. The SMILES string of the molecule is CCCCN(C)S(=O)(=O)c1ccc(C(=O)NCCN2CCN(c3nc4c(C)ccc(C)c4s3)CC2)cc1. The van der Waals surface area contributed by atoms with E-state index in [1.807, 2.05) is 6.92 Å². The van der Waals surface area contributed by atoms with Crippen LogP contribution in [0.25, 0.3) is 10.2 Å². The van der Waals surface area contributed by atoms with E-state index >= 15 is 0 Å². The van der Waals surface area contributed by atoms with E-state index in [9.17, 15) is 13.2 Å². The summed E-state index contributed by atoms with van der Waals surface area (Å²) in [6, 6.07) is 10.5. The molecule has 10 heteroatoms. The van der Waals surface area contributed by atoms with Crippen molar-refractivity contribution in [3.05, 3.63) is 53.1 Å². The third-order valence-corrected chi connectivity index (χ3v) is 10.1. The zero-order valence-electron chi connectivity index (χ0n) is 22.2. The van der Waals surface area contributed by atoms with Crippen LogP contribution in [0.1, 0.15) is 41.3 Å². The number of unbranched alkanes of at least 4 members (excludes halogenated alkanes) is 1. The Morgan fingerprint density at radius 3 is 2.38 bits per heavy atom. The molecular formula is C27H37N5O3S2. The summed E-state index contributed by atoms with van der Waals surface area (Å²) in [6.07, 6.45) is 1.74. The molecule has 0 aliphatic carbocycles. The van der Waals surface area contributed by atoms with Crippen molar-refractivity contribution in [3.8, 4) is 0 Å². The van der Waals surface area contributed by atoms with Crippen LogP contribution in [-0.2, 0) is 10.0 Å². The number of hydrogen-bond acceptors (Lipinski definition) is 7. The number of carbonyl (C=O) groups excluding carboxylic acids is 1. The fourth-order valence-electron chi connectivity index (χ4n) is 4.43. The molecule has 3 aromatic rings. The minimum Gasteiger partial charge on any atom is -0.351 e. The van der Waals surface area contributed by atoms with Crippen LogP contribution < -0.4 is 10.2 Å². The lowest BCUT2D eigenvalue weighted by Gasteiger charge is -2.34. The number of anilines is 1. The number of thiazole rings is 1. The molecule has 1 N–H and O–H groups in total. The van der Waals surface area contributed by atoms with Gasteiger partial charge in [0.15, 0.2) is 5.13 Å². The maximum Gasteiger partial charge on any atom is 0.251 e. The number of sulfonamides is 1. The fourth-order valence-corrected chi connectivity index (χ4v) is 6.81. The van der Waals surface area contributed by atoms with Gasteiger partial charge in [-0.05, 0) is 55.7 Å². The fraction of sp³-hybridized carbons (Fsp3) is 0.481. The minimum atomic E-state index is -3.53. The molecule has 2 heterocycles. The molecule has 1 saturated heterocycles. The predicted octanol–water partition coefficient (Wildman–Crippen LogP) is 3.89. The molecule has 0 spiro atoms. The number of aromatic nitrogens is 1. The molecule has 37 heavy (non-hydrogen) atoms. The lowest BCUT2D eigenvalue weighted by atomic mass is 10.1. The van der Waals surface area contributed by atoms with E-state index in [0.717, 1.165) is 56.2 Å². The molecule has 0 saturated carbocycles. The van der Waals surface area contributed by atoms with Gasteiger partial charge in [-0.15, -0.1) is 0 Å². The summed E-state index contributed by atoms with van der Waals surface area (Å²) in [5, 5.41) is 4.05. The van der Waals surface area contributed by atoms with Crippen LogP contribution in [0, 0.1) is 13.8 Å². The first kappa shape index (κ1) is 27.5. The lowest BCUT2D eigenvalue weighted by Crippen LogP contribution is -2.48. The number of piperazine rings is 1. The van der Waals surface area contributed by atoms with Gasteiger partial charge < -0.3 is 10.2 Å². The average molecular weight is 544 g/mol. The Kier molecular flexibility index (Phi) is 8.84. The first-order valence-corrected chi connectivity index (χ1v) is 15.1. The van der Waals surface area contributed by atoms with Crippen LogP contribution in [0.15, 0.2) is 41.3 Å². The van der Waals surface area contributed by atoms with E-state index in [0.29, 0.717) is 18.7 Å². The van der Waals surface area contributed by atoms with Gasteiger partial charge in [-0.2, -0.15) is 0 Å². The molecule has 1 fully saturated rings. The monoisotopic (exact) mass is 543 g/mol. The molecule has 8 nitrogen and oxygen atoms in total. The summed E-state index contributed by atoms with van der Waals surface area (Å²) in [5.41, 5.74) is 4.06. The lowest BCUT2D eigenvalue weighted by molar-refractivity contribution is 0.0947. The van der Waals surface area contributed by atoms with Crippen molar-refractivity contribution in [2.45, 2.75) is 38.5 Å². The Bertz CT molecular complexity index is 1290. The average Bonchev–Trinajstić information content (AvgIpc) is 3.37. The van der Waals surface area contributed by atoms with Crippen molar-refractivity contribution in [2.75, 3.05) is 57.8 Å². The highest BCUT2D eigenvalue weighted by Gasteiger charge is 2.22. The normalized spacial score (nSPS) is 15.0. The number of aryl methyl sites for hydroxylation is 2. The summed E-state index contributed by atoms with van der Waals surface area (Å²) in [5.74, 6) is -0.192. The van der Waals surface area contributed by atoms with Crippen molar-refractivity contribution in [1.82, 2.24) is 19.5 Å². The van der Waals surface area contributed by atoms with Gasteiger partial charge in [0.1, 0.15) is 0 Å². The number of benzene rings is 2. The predicted molar refractivity (Wildman–Crippen MR) is 151 cm³/mol. The van der Waals surface area contributed by atoms with Crippen LogP contribution in [0.3, 0.4) is 0 Å². The summed E-state index contributed by atoms with van der Waals surface area (Å²) >= 11 is 1.77. The van der Waals surface area contributed by atoms with Crippen molar-refractivity contribution >= 4 is 42.6 Å². The van der Waals surface area contributed by atoms with Gasteiger partial charge in [0.2, 0.25) is 10.0 Å². The molecular weight excluding hydrogens is 506 g/mol. The van der Waals surface area contributed by atoms with Gasteiger partial charge in [0, 0.05) is 58.4 Å². The number of nitrogens with zero attached hydrogens (tertiary/aromatic N) is 4. The van der Waals surface area contributed by atoms with Crippen LogP contribution >= 0.6 is 11.3 Å². The van der Waals surface area contributed by atoms with Crippen LogP contribution in [0.2, 0.25) is 0 Å². The van der Waals surface area contributed by atoms with Crippen molar-refractivity contribution in [2.24, 2.45) is 0 Å². The van der Waals surface area contributed by atoms with E-state index in [2.05, 4.69) is 41.1 Å². The molecule has 1 aromatic heterocycles. The maximum atomic E-state index is 12.7. The number of rotatable bonds is 10. The molecule has 0 atom stereocenters. The number of carbonyl (C=O) groups is 1. The number of fused-ring (bicyclic) bond motifs is 1. The number of nitrogens with one attached hydrogen (secondary N) is 1. The summed E-state index contributed by atoms with van der Waals surface area (Å²) in [4.78, 5) is 22.4. The second kappa shape index (κ2) is 11.9. The van der Waals surface area contributed by atoms with Crippen molar-refractivity contribution in [3.63, 3.8) is 0 Å². The van der Waals surface area contributed by atoms with Gasteiger partial charge in [-0.1, -0.05) is 36.8 Å². The Hall–Kier alpha value is -2.53. The molecule has 0 radical (unpaired) electrons. The topological polar surface area (TPSA) is 85.8 Å². The first-order valence-electron chi connectivity index (χ1n) is 12.9. The van der Waals surface area contributed by atoms with E-state index in [1.165, 1.54) is 32.3 Å². The van der Waals surface area contributed by atoms with Crippen LogP contribution in [0.4, 0.5) is 5.13 Å². The third kappa shape index (κ3) is 6.31. The molecule has 0 unspecified atom stereocenters. The van der Waals surface area contributed by atoms with Gasteiger partial charge in [-0.3, -0.25) is 9.69 Å². The van der Waals surface area contributed by atoms with E-state index < -0.39 is 10.0 Å². The highest BCUT2D eigenvalue weighted by atomic mass is 32.2. The summed E-state index contributed by atoms with van der Waals surface area (Å²) in [7, 11) is -1.95. The van der Waals surface area contributed by atoms with E-state index in [1.54, 1.807) is 30.5 Å². The van der Waals surface area contributed by atoms with Gasteiger partial charge >= 0.3 is 0 Å². The summed E-state index contributed by atoms with van der Waals surface area (Å²) in [6.45, 7) is 11.7. The van der Waals surface area contributed by atoms with E-state index in [4.69, 9.17) is 4.98 Å². The number of amides is 1. The largest absolute Gasteiger partial charge is 0.351 e. The molecule has 4 rings (SSSR count). The number of hydrogen-bond donors (Lipinski definition) is 1.